The number of ether oxygens (including phenoxy) is 1. The van der Waals surface area contributed by atoms with Crippen LogP contribution in [0.5, 0.6) is 0 Å². The van der Waals surface area contributed by atoms with Crippen molar-refractivity contribution < 1.29 is 14.3 Å². The number of carbonyl (C=O) groups is 2. The topological polar surface area (TPSA) is 119 Å². The Kier molecular flexibility index (Phi) is 8.68. The molecule has 36 heavy (non-hydrogen) atoms. The number of nitrogens with zero attached hydrogens (tertiary/aromatic N) is 1. The summed E-state index contributed by atoms with van der Waals surface area (Å²) in [6.07, 6.45) is 2.66. The first-order chi connectivity index (χ1) is 17.3. The molecule has 0 aromatic heterocycles. The predicted molar refractivity (Wildman–Crippen MR) is 141 cm³/mol. The lowest BCUT2D eigenvalue weighted by atomic mass is 9.70. The molecule has 5 rings (SSSR count). The molecule has 5 heterocycles. The average molecular weight is 544 g/mol. The Balaban J connectivity index is 1.17. The molecule has 2 amide bonds. The second-order valence-electron chi connectivity index (χ2n) is 11.2. The van der Waals surface area contributed by atoms with Crippen molar-refractivity contribution in [1.82, 2.24) is 37.0 Å². The van der Waals surface area contributed by atoms with Crippen molar-refractivity contribution in [2.75, 3.05) is 39.8 Å². The molecule has 5 aliphatic heterocycles. The number of halogens is 1. The number of fused-ring (bicyclic) bond motifs is 1. The number of hydrogen-bond acceptors (Lipinski definition) is 9. The van der Waals surface area contributed by atoms with Gasteiger partial charge >= 0.3 is 0 Å². The molecule has 0 radical (unpaired) electrons. The van der Waals surface area contributed by atoms with Gasteiger partial charge in [-0.3, -0.25) is 31.1 Å². The summed E-state index contributed by atoms with van der Waals surface area (Å²) in [6.45, 7) is 7.87. The molecular weight excluding hydrogens is 502 g/mol. The minimum Gasteiger partial charge on any atom is -0.380 e. The highest BCUT2D eigenvalue weighted by molar-refractivity contribution is 8.00. The van der Waals surface area contributed by atoms with E-state index in [1.165, 1.54) is 0 Å². The van der Waals surface area contributed by atoms with Gasteiger partial charge in [0, 0.05) is 63.2 Å². The highest BCUT2D eigenvalue weighted by Crippen LogP contribution is 2.38. The predicted octanol–water partition coefficient (Wildman–Crippen LogP) is -0.392. The fourth-order valence-electron chi connectivity index (χ4n) is 6.83. The largest absolute Gasteiger partial charge is 0.380 e. The van der Waals surface area contributed by atoms with Gasteiger partial charge in [-0.2, -0.15) is 0 Å². The highest BCUT2D eigenvalue weighted by atomic mass is 35.5. The summed E-state index contributed by atoms with van der Waals surface area (Å²) in [5, 5.41) is 14.0. The fraction of sp³-hybridized carbons (Fsp3) is 0.917. The third kappa shape index (κ3) is 5.68. The van der Waals surface area contributed by atoms with Gasteiger partial charge in [-0.15, -0.1) is 23.4 Å². The second-order valence-corrected chi connectivity index (χ2v) is 13.1. The summed E-state index contributed by atoms with van der Waals surface area (Å²) in [5.74, 6) is 0.684. The van der Waals surface area contributed by atoms with E-state index in [0.29, 0.717) is 30.9 Å². The molecule has 10 nitrogen and oxygen atoms in total. The molecule has 11 atom stereocenters. The van der Waals surface area contributed by atoms with E-state index in [2.05, 4.69) is 46.0 Å². The first kappa shape index (κ1) is 26.9. The number of rotatable bonds is 5. The van der Waals surface area contributed by atoms with Gasteiger partial charge < -0.3 is 20.3 Å². The third-order valence-electron chi connectivity index (χ3n) is 8.87. The van der Waals surface area contributed by atoms with Crippen molar-refractivity contribution in [3.05, 3.63) is 0 Å². The van der Waals surface area contributed by atoms with Gasteiger partial charge in [0.2, 0.25) is 11.8 Å². The maximum atomic E-state index is 13.6. The molecule has 5 fully saturated rings. The zero-order chi connectivity index (χ0) is 25.4. The lowest BCUT2D eigenvalue weighted by Gasteiger charge is -2.45. The molecule has 0 aromatic rings. The minimum absolute atomic E-state index is 0.0159. The van der Waals surface area contributed by atoms with Crippen LogP contribution in [0, 0.1) is 23.7 Å². The van der Waals surface area contributed by atoms with E-state index >= 15 is 0 Å². The Morgan fingerprint density at radius 3 is 2.67 bits per heavy atom. The van der Waals surface area contributed by atoms with Crippen LogP contribution in [-0.2, 0) is 14.3 Å². The molecule has 11 unspecified atom stereocenters. The van der Waals surface area contributed by atoms with E-state index in [-0.39, 0.29) is 64.7 Å². The number of piperidine rings is 2. The summed E-state index contributed by atoms with van der Waals surface area (Å²) in [4.78, 5) is 28.7. The number of thioether (sulfide) groups is 1. The second kappa shape index (κ2) is 11.6. The van der Waals surface area contributed by atoms with E-state index < -0.39 is 0 Å². The maximum absolute atomic E-state index is 13.6. The van der Waals surface area contributed by atoms with Gasteiger partial charge in [-0.25, -0.2) is 0 Å². The van der Waals surface area contributed by atoms with Crippen LogP contribution in [0.4, 0.5) is 0 Å². The van der Waals surface area contributed by atoms with Gasteiger partial charge in [0.15, 0.2) is 0 Å². The molecule has 0 aliphatic carbocycles. The Morgan fingerprint density at radius 2 is 1.92 bits per heavy atom. The average Bonchev–Trinajstić information content (AvgIpc) is 3.42. The quantitative estimate of drug-likeness (QED) is 0.203. The molecule has 204 valence electrons. The molecule has 0 aromatic carbocycles. The number of hydrogen-bond donors (Lipinski definition) is 6. The number of alkyl halides is 1. The van der Waals surface area contributed by atoms with Crippen molar-refractivity contribution in [2.24, 2.45) is 23.7 Å². The van der Waals surface area contributed by atoms with Crippen LogP contribution in [0.15, 0.2) is 0 Å². The number of methoxy groups -OCH3 is 1. The number of hydrazine groups is 1. The van der Waals surface area contributed by atoms with Crippen molar-refractivity contribution in [1.29, 1.82) is 0 Å². The van der Waals surface area contributed by atoms with E-state index in [0.717, 1.165) is 32.4 Å². The molecule has 5 aliphatic rings. The first-order valence-electron chi connectivity index (χ1n) is 13.5. The van der Waals surface area contributed by atoms with Crippen LogP contribution in [0.3, 0.4) is 0 Å². The van der Waals surface area contributed by atoms with Crippen LogP contribution >= 0.6 is 23.4 Å². The lowest BCUT2D eigenvalue weighted by molar-refractivity contribution is -0.136. The summed E-state index contributed by atoms with van der Waals surface area (Å²) < 4.78 is 5.80. The SMILES string of the molecule is COC1CNC(Cl)CC1C1CC(C)NCC1C(=O)NC1NC2CN(C(=O)C3CCNNC3C)CC2S1. The van der Waals surface area contributed by atoms with Crippen molar-refractivity contribution in [3.63, 3.8) is 0 Å². The van der Waals surface area contributed by atoms with E-state index in [1.54, 1.807) is 18.9 Å². The number of likely N-dealkylation sites (tertiary alicyclic amines) is 1. The minimum atomic E-state index is -0.128. The molecule has 0 spiro atoms. The highest BCUT2D eigenvalue weighted by Gasteiger charge is 2.47. The summed E-state index contributed by atoms with van der Waals surface area (Å²) in [6, 6.07) is 0.694. The van der Waals surface area contributed by atoms with Crippen LogP contribution in [0.2, 0.25) is 0 Å². The maximum Gasteiger partial charge on any atom is 0.227 e. The monoisotopic (exact) mass is 543 g/mol. The van der Waals surface area contributed by atoms with Crippen molar-refractivity contribution >= 4 is 35.2 Å². The van der Waals surface area contributed by atoms with Gasteiger partial charge in [0.05, 0.1) is 23.4 Å². The number of amides is 2. The van der Waals surface area contributed by atoms with Crippen LogP contribution in [0.25, 0.3) is 0 Å². The number of nitrogens with one attached hydrogen (secondary N) is 6. The van der Waals surface area contributed by atoms with Gasteiger partial charge in [0.25, 0.3) is 0 Å². The Labute approximate surface area is 223 Å². The molecule has 12 heteroatoms. The zero-order valence-electron chi connectivity index (χ0n) is 21.5. The van der Waals surface area contributed by atoms with Crippen LogP contribution < -0.4 is 32.1 Å². The lowest BCUT2D eigenvalue weighted by Crippen LogP contribution is -2.57. The molecular formula is C24H42ClN7O3S. The molecule has 0 saturated carbocycles. The first-order valence-corrected chi connectivity index (χ1v) is 14.8. The smallest absolute Gasteiger partial charge is 0.227 e. The molecule has 5 saturated heterocycles. The number of carbonyl (C=O) groups excluding carboxylic acids is 2. The molecule has 0 bridgehead atoms. The summed E-state index contributed by atoms with van der Waals surface area (Å²) in [7, 11) is 1.75. The van der Waals surface area contributed by atoms with Gasteiger partial charge in [-0.05, 0) is 44.9 Å². The van der Waals surface area contributed by atoms with E-state index in [4.69, 9.17) is 16.3 Å². The Morgan fingerprint density at radius 1 is 1.08 bits per heavy atom. The third-order valence-corrected chi connectivity index (χ3v) is 10.6. The van der Waals surface area contributed by atoms with Gasteiger partial charge in [-0.1, -0.05) is 0 Å². The fourth-order valence-corrected chi connectivity index (χ4v) is 8.53. The zero-order valence-corrected chi connectivity index (χ0v) is 23.0. The van der Waals surface area contributed by atoms with Crippen LogP contribution in [-0.4, -0.2) is 97.0 Å². The Hall–Kier alpha value is -0.660. The molecule has 6 N–H and O–H groups in total. The Bertz CT molecular complexity index is 798. The van der Waals surface area contributed by atoms with Gasteiger partial charge in [0.1, 0.15) is 5.50 Å². The van der Waals surface area contributed by atoms with E-state index in [1.807, 2.05) is 4.90 Å². The van der Waals surface area contributed by atoms with Crippen molar-refractivity contribution in [3.8, 4) is 0 Å². The van der Waals surface area contributed by atoms with Crippen molar-refractivity contribution in [2.45, 2.75) is 73.6 Å². The van der Waals surface area contributed by atoms with E-state index in [9.17, 15) is 9.59 Å². The summed E-state index contributed by atoms with van der Waals surface area (Å²) >= 11 is 8.21. The standard InChI is InChI=1S/C24H42ClN7O3S/c1-12-6-15(16-7-21(25)27-9-19(16)35-3)17(8-26-12)22(33)30-24-29-18-10-32(11-20(18)36-24)23(34)14-4-5-28-31-13(14)2/h12-21,24,26-29,31H,4-11H2,1-3H3,(H,30,33). The normalized spacial score (nSPS) is 45.3. The summed E-state index contributed by atoms with van der Waals surface area (Å²) in [5.41, 5.74) is 6.12. The van der Waals surface area contributed by atoms with Crippen LogP contribution in [0.1, 0.15) is 33.1 Å².